The molecule has 0 aliphatic rings. The molecule has 0 saturated heterocycles. The third-order valence-electron chi connectivity index (χ3n) is 5.32. The van der Waals surface area contributed by atoms with Crippen LogP contribution in [-0.2, 0) is 4.74 Å². The fourth-order valence-corrected chi connectivity index (χ4v) is 4.11. The molecular weight excluding hydrogens is 493 g/mol. The number of hydrogen-bond donors (Lipinski definition) is 1. The minimum Gasteiger partial charge on any atom is -0.465 e. The van der Waals surface area contributed by atoms with E-state index in [0.29, 0.717) is 32.4 Å². The summed E-state index contributed by atoms with van der Waals surface area (Å²) in [4.78, 5) is 27.9. The van der Waals surface area contributed by atoms with Crippen LogP contribution >= 0.6 is 23.2 Å². The molecule has 0 radical (unpaired) electrons. The molecule has 0 bridgehead atoms. The summed E-state index contributed by atoms with van der Waals surface area (Å²) in [6.07, 6.45) is 4.58. The molecule has 0 saturated carbocycles. The van der Waals surface area contributed by atoms with Crippen LogP contribution in [0.25, 0.3) is 45.6 Å². The summed E-state index contributed by atoms with van der Waals surface area (Å²) >= 11 is 12.6. The van der Waals surface area contributed by atoms with Crippen LogP contribution in [0.5, 0.6) is 0 Å². The Hall–Kier alpha value is -4.14. The Labute approximate surface area is 207 Å². The number of nitrogens with zero attached hydrogens (tertiary/aromatic N) is 2. The average Bonchev–Trinajstić information content (AvgIpc) is 3.49. The Kier molecular flexibility index (Phi) is 5.98. The standard InChI is InChI=1S/C25H15Cl2N3O5/c1-33-25(32)19-18(34-29-21(19)14-6-2-4-8-16(14)26)11-10-13-12-28-24(31)20-22(30-35-23(13)20)15-7-3-5-9-17(15)27/h2-12H,1H3,(H,28,31)/b11-10+. The van der Waals surface area contributed by atoms with Gasteiger partial charge < -0.3 is 18.8 Å². The highest BCUT2D eigenvalue weighted by atomic mass is 35.5. The minimum absolute atomic E-state index is 0.104. The van der Waals surface area contributed by atoms with Gasteiger partial charge >= 0.3 is 5.97 Å². The van der Waals surface area contributed by atoms with Gasteiger partial charge in [-0.2, -0.15) is 0 Å². The molecule has 3 aromatic heterocycles. The van der Waals surface area contributed by atoms with E-state index in [1.807, 2.05) is 0 Å². The molecule has 1 N–H and O–H groups in total. The summed E-state index contributed by atoms with van der Waals surface area (Å²) in [5.41, 5.74) is 2.09. The molecule has 0 aliphatic heterocycles. The monoisotopic (exact) mass is 507 g/mol. The zero-order valence-electron chi connectivity index (χ0n) is 18.0. The van der Waals surface area contributed by atoms with Crippen molar-refractivity contribution in [3.8, 4) is 22.5 Å². The van der Waals surface area contributed by atoms with E-state index in [1.165, 1.54) is 19.4 Å². The number of hydrogen-bond acceptors (Lipinski definition) is 7. The van der Waals surface area contributed by atoms with Crippen molar-refractivity contribution in [2.24, 2.45) is 0 Å². The van der Waals surface area contributed by atoms with Crippen LogP contribution in [0.4, 0.5) is 0 Å². The number of halogens is 2. The van der Waals surface area contributed by atoms with Crippen molar-refractivity contribution in [2.75, 3.05) is 7.11 Å². The molecule has 0 spiro atoms. The van der Waals surface area contributed by atoms with Gasteiger partial charge in [0.15, 0.2) is 11.3 Å². The lowest BCUT2D eigenvalue weighted by molar-refractivity contribution is 0.0600. The van der Waals surface area contributed by atoms with Crippen molar-refractivity contribution in [2.45, 2.75) is 0 Å². The molecule has 5 rings (SSSR count). The van der Waals surface area contributed by atoms with Gasteiger partial charge in [0, 0.05) is 22.9 Å². The van der Waals surface area contributed by atoms with E-state index in [2.05, 4.69) is 15.3 Å². The van der Waals surface area contributed by atoms with E-state index in [9.17, 15) is 9.59 Å². The third-order valence-corrected chi connectivity index (χ3v) is 5.98. The zero-order chi connectivity index (χ0) is 24.5. The maximum Gasteiger partial charge on any atom is 0.344 e. The number of methoxy groups -OCH3 is 1. The fourth-order valence-electron chi connectivity index (χ4n) is 3.66. The quantitative estimate of drug-likeness (QED) is 0.286. The molecule has 0 fully saturated rings. The number of esters is 1. The maximum absolute atomic E-state index is 12.6. The van der Waals surface area contributed by atoms with Crippen LogP contribution in [0, 0.1) is 0 Å². The number of aromatic amines is 1. The second kappa shape index (κ2) is 9.25. The Morgan fingerprint density at radius 3 is 2.23 bits per heavy atom. The lowest BCUT2D eigenvalue weighted by atomic mass is 10.0. The number of H-pyrrole nitrogens is 1. The number of benzene rings is 2. The average molecular weight is 508 g/mol. The molecule has 3 heterocycles. The maximum atomic E-state index is 12.6. The number of aromatic nitrogens is 3. The van der Waals surface area contributed by atoms with Crippen LogP contribution in [0.15, 0.2) is 68.6 Å². The van der Waals surface area contributed by atoms with Gasteiger partial charge in [0.25, 0.3) is 5.56 Å². The molecule has 0 atom stereocenters. The number of carbonyl (C=O) groups is 1. The van der Waals surface area contributed by atoms with Gasteiger partial charge in [-0.1, -0.05) is 69.9 Å². The van der Waals surface area contributed by atoms with Crippen LogP contribution in [0.3, 0.4) is 0 Å². The van der Waals surface area contributed by atoms with Crippen LogP contribution < -0.4 is 5.56 Å². The van der Waals surface area contributed by atoms with Crippen molar-refractivity contribution in [3.63, 3.8) is 0 Å². The number of pyridine rings is 1. The lowest BCUT2D eigenvalue weighted by Crippen LogP contribution is -2.06. The van der Waals surface area contributed by atoms with E-state index in [1.54, 1.807) is 54.6 Å². The molecule has 0 unspecified atom stereocenters. The van der Waals surface area contributed by atoms with E-state index < -0.39 is 5.97 Å². The highest BCUT2D eigenvalue weighted by Crippen LogP contribution is 2.34. The van der Waals surface area contributed by atoms with Gasteiger partial charge in [-0.05, 0) is 24.3 Å². The SMILES string of the molecule is COC(=O)c1c(-c2ccccc2Cl)noc1/C=C/c1c[nH]c(=O)c2c(-c3ccccc3Cl)noc12. The summed E-state index contributed by atoms with van der Waals surface area (Å²) in [6.45, 7) is 0. The normalized spacial score (nSPS) is 11.4. The van der Waals surface area contributed by atoms with Crippen LogP contribution in [-0.4, -0.2) is 28.4 Å². The smallest absolute Gasteiger partial charge is 0.344 e. The molecule has 2 aromatic carbocycles. The molecular formula is C25H15Cl2N3O5. The Balaban J connectivity index is 1.61. The van der Waals surface area contributed by atoms with Crippen molar-refractivity contribution in [1.82, 2.24) is 15.3 Å². The molecule has 0 amide bonds. The van der Waals surface area contributed by atoms with Crippen LogP contribution in [0.1, 0.15) is 21.7 Å². The number of rotatable bonds is 5. The van der Waals surface area contributed by atoms with Gasteiger partial charge in [0.2, 0.25) is 0 Å². The number of carbonyl (C=O) groups excluding carboxylic acids is 1. The number of fused-ring (bicyclic) bond motifs is 1. The van der Waals surface area contributed by atoms with Crippen molar-refractivity contribution in [3.05, 3.63) is 92.0 Å². The van der Waals surface area contributed by atoms with E-state index in [0.717, 1.165) is 0 Å². The third kappa shape index (κ3) is 4.03. The first-order chi connectivity index (χ1) is 17.0. The van der Waals surface area contributed by atoms with Crippen LogP contribution in [0.2, 0.25) is 10.0 Å². The van der Waals surface area contributed by atoms with E-state index in [-0.39, 0.29) is 33.5 Å². The summed E-state index contributed by atoms with van der Waals surface area (Å²) in [5, 5.41) is 9.19. The number of ether oxygens (including phenoxy) is 1. The summed E-state index contributed by atoms with van der Waals surface area (Å²) in [5.74, 6) is -0.509. The van der Waals surface area contributed by atoms with Gasteiger partial charge in [0.1, 0.15) is 22.3 Å². The second-order valence-electron chi connectivity index (χ2n) is 7.36. The Morgan fingerprint density at radius 2 is 1.57 bits per heavy atom. The first-order valence-corrected chi connectivity index (χ1v) is 11.0. The van der Waals surface area contributed by atoms with Crippen molar-refractivity contribution in [1.29, 1.82) is 0 Å². The zero-order valence-corrected chi connectivity index (χ0v) is 19.6. The molecule has 35 heavy (non-hydrogen) atoms. The highest BCUT2D eigenvalue weighted by molar-refractivity contribution is 6.34. The Morgan fingerprint density at radius 1 is 0.943 bits per heavy atom. The molecule has 174 valence electrons. The van der Waals surface area contributed by atoms with Gasteiger partial charge in [-0.15, -0.1) is 0 Å². The van der Waals surface area contributed by atoms with Crippen molar-refractivity contribution >= 4 is 52.3 Å². The fraction of sp³-hybridized carbons (Fsp3) is 0.0400. The Bertz CT molecular complexity index is 1670. The summed E-state index contributed by atoms with van der Waals surface area (Å²) in [7, 11) is 1.26. The van der Waals surface area contributed by atoms with E-state index >= 15 is 0 Å². The largest absolute Gasteiger partial charge is 0.465 e. The molecule has 5 aromatic rings. The van der Waals surface area contributed by atoms with Crippen molar-refractivity contribution < 1.29 is 18.6 Å². The summed E-state index contributed by atoms with van der Waals surface area (Å²) in [6, 6.07) is 13.9. The first kappa shape index (κ1) is 22.6. The summed E-state index contributed by atoms with van der Waals surface area (Å²) < 4.78 is 15.9. The number of nitrogens with one attached hydrogen (secondary N) is 1. The molecule has 0 aliphatic carbocycles. The second-order valence-corrected chi connectivity index (χ2v) is 8.18. The predicted octanol–water partition coefficient (Wildman–Crippen LogP) is 6.10. The minimum atomic E-state index is -0.645. The lowest BCUT2D eigenvalue weighted by Gasteiger charge is -2.03. The van der Waals surface area contributed by atoms with E-state index in [4.69, 9.17) is 37.0 Å². The van der Waals surface area contributed by atoms with Gasteiger partial charge in [0.05, 0.1) is 17.2 Å². The molecule has 10 heteroatoms. The topological polar surface area (TPSA) is 111 Å². The first-order valence-electron chi connectivity index (χ1n) is 10.3. The van der Waals surface area contributed by atoms with Gasteiger partial charge in [-0.25, -0.2) is 4.79 Å². The highest BCUT2D eigenvalue weighted by Gasteiger charge is 2.25. The van der Waals surface area contributed by atoms with Gasteiger partial charge in [-0.3, -0.25) is 4.79 Å². The predicted molar refractivity (Wildman–Crippen MR) is 132 cm³/mol. The molecule has 8 nitrogen and oxygen atoms in total.